The largest absolute Gasteiger partial charge is 0.508 e. The third-order valence-electron chi connectivity index (χ3n) is 4.41. The van der Waals surface area contributed by atoms with Crippen LogP contribution in [0.2, 0.25) is 0 Å². The zero-order chi connectivity index (χ0) is 19.7. The summed E-state index contributed by atoms with van der Waals surface area (Å²) in [5.74, 6) is 0.572. The summed E-state index contributed by atoms with van der Waals surface area (Å²) in [4.78, 5) is 6.86. The number of para-hydroxylation sites is 1. The minimum absolute atomic E-state index is 0.162. The first-order valence-corrected chi connectivity index (χ1v) is 9.71. The average molecular weight is 410 g/mol. The van der Waals surface area contributed by atoms with E-state index in [-0.39, 0.29) is 5.75 Å². The number of nitrogens with one attached hydrogen (secondary N) is 2. The SMILES string of the molecule is O=S(Oc1ccc2c(c1)N=C(N1CCNCC1)c1ccccc1N2)C(F)(F)F. The van der Waals surface area contributed by atoms with Crippen molar-refractivity contribution in [2.24, 2.45) is 4.99 Å². The first-order valence-electron chi connectivity index (χ1n) is 8.63. The predicted molar refractivity (Wildman–Crippen MR) is 102 cm³/mol. The van der Waals surface area contributed by atoms with E-state index in [0.717, 1.165) is 43.3 Å². The van der Waals surface area contributed by atoms with Gasteiger partial charge in [-0.25, -0.2) is 9.20 Å². The van der Waals surface area contributed by atoms with Gasteiger partial charge in [0, 0.05) is 43.5 Å². The molecule has 0 spiro atoms. The van der Waals surface area contributed by atoms with E-state index in [0.29, 0.717) is 11.4 Å². The lowest BCUT2D eigenvalue weighted by Crippen LogP contribution is -2.46. The zero-order valence-electron chi connectivity index (χ0n) is 14.6. The number of nitrogens with zero attached hydrogens (tertiary/aromatic N) is 2. The van der Waals surface area contributed by atoms with Crippen molar-refractivity contribution in [3.05, 3.63) is 48.0 Å². The minimum atomic E-state index is -4.95. The predicted octanol–water partition coefficient (Wildman–Crippen LogP) is 3.29. The maximum Gasteiger partial charge on any atom is 0.508 e. The number of aliphatic imine (C=N–C) groups is 1. The van der Waals surface area contributed by atoms with Gasteiger partial charge < -0.3 is 19.7 Å². The van der Waals surface area contributed by atoms with Gasteiger partial charge in [-0.05, 0) is 24.3 Å². The fourth-order valence-electron chi connectivity index (χ4n) is 3.12. The van der Waals surface area contributed by atoms with Gasteiger partial charge in [-0.15, -0.1) is 0 Å². The van der Waals surface area contributed by atoms with Crippen molar-refractivity contribution in [1.29, 1.82) is 0 Å². The lowest BCUT2D eigenvalue weighted by atomic mass is 10.1. The van der Waals surface area contributed by atoms with Crippen molar-refractivity contribution in [2.75, 3.05) is 31.5 Å². The normalized spacial score (nSPS) is 17.5. The number of amidine groups is 1. The standard InChI is InChI=1S/C18H17F3N4O2S/c19-18(20,21)28(26)27-12-5-6-15-16(11-12)24-17(25-9-7-22-8-10-25)13-3-1-2-4-14(13)23-15/h1-6,11,22-23H,7-10H2. The van der Waals surface area contributed by atoms with Crippen molar-refractivity contribution >= 4 is 34.0 Å². The molecule has 2 aromatic carbocycles. The maximum absolute atomic E-state index is 12.5. The quantitative estimate of drug-likeness (QED) is 0.796. The topological polar surface area (TPSA) is 66.0 Å². The summed E-state index contributed by atoms with van der Waals surface area (Å²) in [6, 6.07) is 11.9. The van der Waals surface area contributed by atoms with Crippen LogP contribution in [0, 0.1) is 0 Å². The Morgan fingerprint density at radius 2 is 1.82 bits per heavy atom. The van der Waals surface area contributed by atoms with E-state index < -0.39 is 16.6 Å². The van der Waals surface area contributed by atoms with Crippen LogP contribution in [0.4, 0.5) is 30.2 Å². The Labute approximate surface area is 162 Å². The molecule has 2 N–H and O–H groups in total. The van der Waals surface area contributed by atoms with Gasteiger partial charge in [-0.1, -0.05) is 12.1 Å². The van der Waals surface area contributed by atoms with E-state index in [1.165, 1.54) is 12.1 Å². The molecule has 1 fully saturated rings. The highest BCUT2D eigenvalue weighted by atomic mass is 32.2. The molecule has 1 unspecified atom stereocenters. The average Bonchev–Trinajstić information content (AvgIpc) is 2.84. The summed E-state index contributed by atoms with van der Waals surface area (Å²) in [5, 5.41) is 6.56. The molecule has 1 saturated heterocycles. The van der Waals surface area contributed by atoms with Gasteiger partial charge in [-0.3, -0.25) is 0 Å². The molecule has 6 nitrogen and oxygen atoms in total. The molecule has 1 atom stereocenters. The van der Waals surface area contributed by atoms with E-state index in [2.05, 4.69) is 19.7 Å². The molecule has 2 aromatic rings. The fourth-order valence-corrected chi connectivity index (χ4v) is 3.49. The Morgan fingerprint density at radius 1 is 1.07 bits per heavy atom. The van der Waals surface area contributed by atoms with Gasteiger partial charge in [0.25, 0.3) is 0 Å². The number of fused-ring (bicyclic) bond motifs is 2. The molecule has 28 heavy (non-hydrogen) atoms. The van der Waals surface area contributed by atoms with Crippen molar-refractivity contribution in [3.8, 4) is 5.75 Å². The number of hydrogen-bond acceptors (Lipinski definition) is 6. The van der Waals surface area contributed by atoms with Crippen LogP contribution in [-0.2, 0) is 11.1 Å². The molecule has 2 aliphatic heterocycles. The molecule has 4 rings (SSSR count). The van der Waals surface area contributed by atoms with Crippen LogP contribution in [-0.4, -0.2) is 46.6 Å². The summed E-state index contributed by atoms with van der Waals surface area (Å²) in [6.45, 7) is 3.15. The summed E-state index contributed by atoms with van der Waals surface area (Å²) in [7, 11) is 0. The second-order valence-corrected chi connectivity index (χ2v) is 7.38. The number of alkyl halides is 3. The molecule has 10 heteroatoms. The molecule has 0 amide bonds. The van der Waals surface area contributed by atoms with E-state index in [9.17, 15) is 17.4 Å². The van der Waals surface area contributed by atoms with Crippen LogP contribution in [0.5, 0.6) is 5.75 Å². The van der Waals surface area contributed by atoms with E-state index in [1.807, 2.05) is 24.3 Å². The molecule has 0 bridgehead atoms. The third kappa shape index (κ3) is 3.83. The Morgan fingerprint density at radius 3 is 2.57 bits per heavy atom. The van der Waals surface area contributed by atoms with Gasteiger partial charge >= 0.3 is 16.6 Å². The highest BCUT2D eigenvalue weighted by Gasteiger charge is 2.40. The molecule has 148 valence electrons. The maximum atomic E-state index is 12.5. The lowest BCUT2D eigenvalue weighted by molar-refractivity contribution is -0.0437. The van der Waals surface area contributed by atoms with Crippen LogP contribution >= 0.6 is 0 Å². The van der Waals surface area contributed by atoms with Crippen LogP contribution in [0.1, 0.15) is 5.56 Å². The number of halogens is 3. The number of piperazine rings is 1. The summed E-state index contributed by atoms with van der Waals surface area (Å²) in [6.07, 6.45) is 0. The summed E-state index contributed by atoms with van der Waals surface area (Å²) in [5.41, 5.74) is -2.15. The van der Waals surface area contributed by atoms with Crippen LogP contribution < -0.4 is 14.8 Å². The van der Waals surface area contributed by atoms with E-state index in [1.54, 1.807) is 6.07 Å². The van der Waals surface area contributed by atoms with Crippen LogP contribution in [0.15, 0.2) is 47.5 Å². The summed E-state index contributed by atoms with van der Waals surface area (Å²) < 4.78 is 53.5. The highest BCUT2D eigenvalue weighted by Crippen LogP contribution is 2.38. The van der Waals surface area contributed by atoms with Crippen LogP contribution in [0.3, 0.4) is 0 Å². The number of hydrogen-bond donors (Lipinski definition) is 2. The van der Waals surface area contributed by atoms with Gasteiger partial charge in [0.15, 0.2) is 0 Å². The molecule has 0 aromatic heterocycles. The highest BCUT2D eigenvalue weighted by molar-refractivity contribution is 7.81. The van der Waals surface area contributed by atoms with Crippen molar-refractivity contribution in [3.63, 3.8) is 0 Å². The summed E-state index contributed by atoms with van der Waals surface area (Å²) >= 11 is -3.43. The third-order valence-corrected chi connectivity index (χ3v) is 5.13. The molecular formula is C18H17F3N4O2S. The lowest BCUT2D eigenvalue weighted by Gasteiger charge is -2.30. The Bertz CT molecular complexity index is 943. The second kappa shape index (κ2) is 7.44. The molecule has 2 aliphatic rings. The van der Waals surface area contributed by atoms with E-state index >= 15 is 0 Å². The Hall–Kier alpha value is -2.59. The van der Waals surface area contributed by atoms with Crippen LogP contribution in [0.25, 0.3) is 0 Å². The second-order valence-electron chi connectivity index (χ2n) is 6.29. The van der Waals surface area contributed by atoms with Crippen molar-refractivity contribution in [2.45, 2.75) is 5.51 Å². The van der Waals surface area contributed by atoms with E-state index in [4.69, 9.17) is 4.99 Å². The van der Waals surface area contributed by atoms with Gasteiger partial charge in [0.05, 0.1) is 11.4 Å². The van der Waals surface area contributed by atoms with Crippen molar-refractivity contribution < 1.29 is 21.6 Å². The Balaban J connectivity index is 1.75. The molecule has 0 radical (unpaired) electrons. The first kappa shape index (κ1) is 18.8. The van der Waals surface area contributed by atoms with Crippen molar-refractivity contribution in [1.82, 2.24) is 10.2 Å². The molecule has 0 aliphatic carbocycles. The smallest absolute Gasteiger partial charge is 0.394 e. The monoisotopic (exact) mass is 410 g/mol. The zero-order valence-corrected chi connectivity index (χ0v) is 15.4. The number of anilines is 2. The van der Waals surface area contributed by atoms with Gasteiger partial charge in [-0.2, -0.15) is 13.2 Å². The molecule has 2 heterocycles. The number of rotatable bonds is 2. The molecular weight excluding hydrogens is 393 g/mol. The Kier molecular flexibility index (Phi) is 4.98. The number of benzene rings is 2. The fraction of sp³-hybridized carbons (Fsp3) is 0.278. The first-order chi connectivity index (χ1) is 13.4. The minimum Gasteiger partial charge on any atom is -0.394 e. The molecule has 0 saturated carbocycles. The van der Waals surface area contributed by atoms with Gasteiger partial charge in [0.1, 0.15) is 11.6 Å². The van der Waals surface area contributed by atoms with Gasteiger partial charge in [0.2, 0.25) is 0 Å².